The highest BCUT2D eigenvalue weighted by Gasteiger charge is 2.12. The predicted molar refractivity (Wildman–Crippen MR) is 69.9 cm³/mol. The molecule has 0 saturated carbocycles. The Morgan fingerprint density at radius 2 is 1.44 bits per heavy atom. The van der Waals surface area contributed by atoms with Crippen molar-refractivity contribution in [3.05, 3.63) is 64.2 Å². The van der Waals surface area contributed by atoms with E-state index in [0.717, 1.165) is 27.4 Å². The lowest BCUT2D eigenvalue weighted by atomic mass is 10.0. The normalized spacial score (nSPS) is 10.9. The van der Waals surface area contributed by atoms with Gasteiger partial charge in [0.05, 0.1) is 11.0 Å². The minimum Gasteiger partial charge on any atom is -0.264 e. The minimum absolute atomic E-state index is 0.177. The molecule has 0 aliphatic heterocycles. The van der Waals surface area contributed by atoms with Crippen LogP contribution in [0.4, 0.5) is 0 Å². The van der Waals surface area contributed by atoms with E-state index in [1.807, 2.05) is 48.5 Å². The number of fused-ring (bicyclic) bond motifs is 2. The van der Waals surface area contributed by atoms with Gasteiger partial charge in [-0.2, -0.15) is 0 Å². The van der Waals surface area contributed by atoms with Gasteiger partial charge in [-0.3, -0.25) is 10.1 Å². The molecule has 4 nitrogen and oxygen atoms in total. The molecule has 0 spiro atoms. The van der Waals surface area contributed by atoms with E-state index in [-0.39, 0.29) is 11.5 Å². The van der Waals surface area contributed by atoms with Crippen LogP contribution in [-0.4, -0.2) is 9.91 Å². The van der Waals surface area contributed by atoms with Gasteiger partial charge < -0.3 is 0 Å². The molecule has 0 amide bonds. The second-order valence-corrected chi connectivity index (χ2v) is 4.12. The number of hydrogen-bond acceptors (Lipinski definition) is 3. The zero-order valence-electron chi connectivity index (χ0n) is 9.54. The van der Waals surface area contributed by atoms with E-state index >= 15 is 0 Å². The number of nitro groups is 1. The summed E-state index contributed by atoms with van der Waals surface area (Å²) in [5.41, 5.74) is 2.34. The Morgan fingerprint density at radius 3 is 1.94 bits per heavy atom. The third-order valence-electron chi connectivity index (χ3n) is 2.99. The fourth-order valence-corrected chi connectivity index (χ4v) is 2.23. The standard InChI is InChI=1S/C14H10N2O2/c17-16(18)9-12-10-5-1-3-7-13(10)15-14-8-4-2-6-11(12)14/h1-8H,9H2. The van der Waals surface area contributed by atoms with Crippen molar-refractivity contribution in [2.45, 2.75) is 6.54 Å². The van der Waals surface area contributed by atoms with Crippen LogP contribution in [0.3, 0.4) is 0 Å². The van der Waals surface area contributed by atoms with Gasteiger partial charge in [0.2, 0.25) is 6.54 Å². The monoisotopic (exact) mass is 238 g/mol. The molecule has 1 heterocycles. The Kier molecular flexibility index (Phi) is 2.41. The highest BCUT2D eigenvalue weighted by Crippen LogP contribution is 2.26. The van der Waals surface area contributed by atoms with Gasteiger partial charge in [-0.1, -0.05) is 36.4 Å². The Hall–Kier alpha value is -2.49. The van der Waals surface area contributed by atoms with Crippen molar-refractivity contribution in [1.29, 1.82) is 0 Å². The lowest BCUT2D eigenvalue weighted by molar-refractivity contribution is -0.496. The van der Waals surface area contributed by atoms with Gasteiger partial charge in [0, 0.05) is 21.3 Å². The molecule has 0 atom stereocenters. The zero-order valence-corrected chi connectivity index (χ0v) is 9.54. The van der Waals surface area contributed by atoms with E-state index in [4.69, 9.17) is 0 Å². The Labute approximate surface area is 103 Å². The van der Waals surface area contributed by atoms with Crippen LogP contribution in [0.15, 0.2) is 48.5 Å². The van der Waals surface area contributed by atoms with Crippen LogP contribution in [-0.2, 0) is 6.54 Å². The van der Waals surface area contributed by atoms with E-state index in [2.05, 4.69) is 4.98 Å². The number of hydrogen-bond donors (Lipinski definition) is 0. The zero-order chi connectivity index (χ0) is 12.5. The first-order valence-corrected chi connectivity index (χ1v) is 5.64. The highest BCUT2D eigenvalue weighted by atomic mass is 16.6. The maximum Gasteiger partial charge on any atom is 0.230 e. The van der Waals surface area contributed by atoms with Crippen LogP contribution in [0.5, 0.6) is 0 Å². The van der Waals surface area contributed by atoms with Crippen molar-refractivity contribution < 1.29 is 4.92 Å². The molecule has 4 heteroatoms. The molecule has 3 rings (SSSR count). The van der Waals surface area contributed by atoms with Crippen molar-refractivity contribution in [2.75, 3.05) is 0 Å². The minimum atomic E-state index is -0.297. The summed E-state index contributed by atoms with van der Waals surface area (Å²) in [6.07, 6.45) is 0. The highest BCUT2D eigenvalue weighted by molar-refractivity contribution is 5.97. The van der Waals surface area contributed by atoms with Gasteiger partial charge in [0.1, 0.15) is 0 Å². The van der Waals surface area contributed by atoms with Gasteiger partial charge in [-0.25, -0.2) is 4.98 Å². The van der Waals surface area contributed by atoms with Gasteiger partial charge in [0.15, 0.2) is 0 Å². The molecule has 0 aliphatic rings. The number of para-hydroxylation sites is 2. The molecule has 0 unspecified atom stereocenters. The maximum absolute atomic E-state index is 10.8. The van der Waals surface area contributed by atoms with E-state index < -0.39 is 0 Å². The van der Waals surface area contributed by atoms with E-state index in [9.17, 15) is 10.1 Å². The topological polar surface area (TPSA) is 56.0 Å². The van der Waals surface area contributed by atoms with Crippen molar-refractivity contribution in [1.82, 2.24) is 4.98 Å². The SMILES string of the molecule is O=[N+]([O-])Cc1c2ccccc2nc2ccccc12. The molecule has 1 aromatic heterocycles. The smallest absolute Gasteiger partial charge is 0.230 e. The molecular weight excluding hydrogens is 228 g/mol. The molecule has 18 heavy (non-hydrogen) atoms. The van der Waals surface area contributed by atoms with Crippen LogP contribution < -0.4 is 0 Å². The van der Waals surface area contributed by atoms with E-state index in [0.29, 0.717) is 0 Å². The molecule has 0 radical (unpaired) electrons. The second-order valence-electron chi connectivity index (χ2n) is 4.12. The fourth-order valence-electron chi connectivity index (χ4n) is 2.23. The number of aromatic nitrogens is 1. The molecule has 0 aliphatic carbocycles. The maximum atomic E-state index is 10.8. The summed E-state index contributed by atoms with van der Waals surface area (Å²) < 4.78 is 0. The molecule has 88 valence electrons. The Morgan fingerprint density at radius 1 is 0.944 bits per heavy atom. The Bertz CT molecular complexity index is 699. The molecule has 0 fully saturated rings. The second kappa shape index (κ2) is 4.07. The molecule has 2 aromatic carbocycles. The lowest BCUT2D eigenvalue weighted by Crippen LogP contribution is -2.01. The molecule has 3 aromatic rings. The van der Waals surface area contributed by atoms with Crippen molar-refractivity contribution in [3.8, 4) is 0 Å². The van der Waals surface area contributed by atoms with Crippen molar-refractivity contribution in [2.24, 2.45) is 0 Å². The van der Waals surface area contributed by atoms with Gasteiger partial charge in [-0.05, 0) is 12.1 Å². The summed E-state index contributed by atoms with van der Waals surface area (Å²) in [5, 5.41) is 12.6. The van der Waals surface area contributed by atoms with Crippen LogP contribution in [0.1, 0.15) is 5.56 Å². The van der Waals surface area contributed by atoms with Crippen LogP contribution >= 0.6 is 0 Å². The summed E-state index contributed by atoms with van der Waals surface area (Å²) in [4.78, 5) is 15.1. The quantitative estimate of drug-likeness (QED) is 0.391. The fraction of sp³-hybridized carbons (Fsp3) is 0.0714. The summed E-state index contributed by atoms with van der Waals surface area (Å²) in [6, 6.07) is 15.1. The van der Waals surface area contributed by atoms with Gasteiger partial charge in [0.25, 0.3) is 0 Å². The molecule has 0 N–H and O–H groups in total. The lowest BCUT2D eigenvalue weighted by Gasteiger charge is -2.07. The third kappa shape index (κ3) is 1.68. The van der Waals surface area contributed by atoms with Gasteiger partial charge >= 0.3 is 0 Å². The van der Waals surface area contributed by atoms with Crippen LogP contribution in [0.25, 0.3) is 21.8 Å². The molecular formula is C14H10N2O2. The molecule has 0 saturated heterocycles. The summed E-state index contributed by atoms with van der Waals surface area (Å²) >= 11 is 0. The first-order chi connectivity index (χ1) is 8.75. The third-order valence-corrected chi connectivity index (χ3v) is 2.99. The predicted octanol–water partition coefficient (Wildman–Crippen LogP) is 3.16. The number of pyridine rings is 1. The van der Waals surface area contributed by atoms with Crippen LogP contribution in [0, 0.1) is 10.1 Å². The first-order valence-electron chi connectivity index (χ1n) is 5.64. The average Bonchev–Trinajstić information content (AvgIpc) is 2.38. The van der Waals surface area contributed by atoms with E-state index in [1.54, 1.807) is 0 Å². The first kappa shape index (κ1) is 10.7. The molecule has 0 bridgehead atoms. The summed E-state index contributed by atoms with van der Waals surface area (Å²) in [6.45, 7) is -0.177. The van der Waals surface area contributed by atoms with Gasteiger partial charge in [-0.15, -0.1) is 0 Å². The number of nitrogens with zero attached hydrogens (tertiary/aromatic N) is 2. The number of rotatable bonds is 2. The largest absolute Gasteiger partial charge is 0.264 e. The summed E-state index contributed by atoms with van der Waals surface area (Å²) in [5.74, 6) is 0. The summed E-state index contributed by atoms with van der Waals surface area (Å²) in [7, 11) is 0. The van der Waals surface area contributed by atoms with E-state index in [1.165, 1.54) is 0 Å². The van der Waals surface area contributed by atoms with Crippen molar-refractivity contribution in [3.63, 3.8) is 0 Å². The van der Waals surface area contributed by atoms with Crippen molar-refractivity contribution >= 4 is 21.8 Å². The number of benzene rings is 2. The average molecular weight is 238 g/mol. The Balaban J connectivity index is 2.45. The van der Waals surface area contributed by atoms with Crippen LogP contribution in [0.2, 0.25) is 0 Å².